The van der Waals surface area contributed by atoms with Crippen molar-refractivity contribution >= 4 is 11.6 Å². The fourth-order valence-corrected chi connectivity index (χ4v) is 2.04. The van der Waals surface area contributed by atoms with Crippen LogP contribution >= 0.6 is 0 Å². The Labute approximate surface area is 104 Å². The van der Waals surface area contributed by atoms with E-state index in [1.807, 2.05) is 0 Å². The first kappa shape index (κ1) is 12.5. The number of β-amino-alcohol motifs (C(OH)–C–C–N with tert-alkyl or cyclic N) is 1. The maximum absolute atomic E-state index is 12.1. The number of rotatable bonds is 2. The maximum Gasteiger partial charge on any atom is 0.270 e. The van der Waals surface area contributed by atoms with E-state index in [9.17, 15) is 20.0 Å². The number of aliphatic hydroxyl groups is 1. The average molecular weight is 250 g/mol. The predicted octanol–water partition coefficient (Wildman–Crippen LogP) is 1.11. The molecule has 1 saturated heterocycles. The molecule has 0 aromatic heterocycles. The summed E-state index contributed by atoms with van der Waals surface area (Å²) in [5, 5.41) is 20.3. The van der Waals surface area contributed by atoms with Gasteiger partial charge in [0.15, 0.2) is 0 Å². The summed E-state index contributed by atoms with van der Waals surface area (Å²) in [6.45, 7) is 3.90. The van der Waals surface area contributed by atoms with Crippen LogP contribution in [0.5, 0.6) is 0 Å². The number of carbonyl (C=O) groups excluding carboxylic acids is 1. The molecule has 1 aromatic carbocycles. The van der Waals surface area contributed by atoms with Crippen LogP contribution in [0.2, 0.25) is 0 Å². The monoisotopic (exact) mass is 250 g/mol. The third-order valence-corrected chi connectivity index (χ3v) is 3.01. The second kappa shape index (κ2) is 4.06. The molecular weight excluding hydrogens is 236 g/mol. The Hall–Kier alpha value is -1.95. The number of aryl methyl sites for hydroxylation is 1. The molecule has 0 unspecified atom stereocenters. The zero-order valence-corrected chi connectivity index (χ0v) is 10.2. The number of non-ortho nitro benzene ring substituents is 1. The summed E-state index contributed by atoms with van der Waals surface area (Å²) in [4.78, 5) is 23.7. The van der Waals surface area contributed by atoms with Crippen molar-refractivity contribution in [2.24, 2.45) is 0 Å². The fourth-order valence-electron chi connectivity index (χ4n) is 2.04. The number of amides is 1. The van der Waals surface area contributed by atoms with Crippen molar-refractivity contribution in [1.82, 2.24) is 4.90 Å². The van der Waals surface area contributed by atoms with Crippen LogP contribution < -0.4 is 0 Å². The highest BCUT2D eigenvalue weighted by Gasteiger charge is 2.40. The molecule has 96 valence electrons. The van der Waals surface area contributed by atoms with Crippen LogP contribution in [-0.2, 0) is 0 Å². The molecule has 1 amide bonds. The smallest absolute Gasteiger partial charge is 0.270 e. The third-order valence-electron chi connectivity index (χ3n) is 3.01. The molecule has 1 heterocycles. The number of hydrogen-bond acceptors (Lipinski definition) is 4. The zero-order valence-electron chi connectivity index (χ0n) is 10.2. The Morgan fingerprint density at radius 2 is 2.11 bits per heavy atom. The van der Waals surface area contributed by atoms with E-state index in [1.165, 1.54) is 17.0 Å². The Morgan fingerprint density at radius 3 is 2.61 bits per heavy atom. The molecule has 0 saturated carbocycles. The van der Waals surface area contributed by atoms with Gasteiger partial charge >= 0.3 is 0 Å². The molecule has 1 fully saturated rings. The molecule has 0 aliphatic carbocycles. The number of hydrogen-bond donors (Lipinski definition) is 1. The largest absolute Gasteiger partial charge is 0.386 e. The summed E-state index contributed by atoms with van der Waals surface area (Å²) in [6, 6.07) is 4.21. The molecule has 6 nitrogen and oxygen atoms in total. The van der Waals surface area contributed by atoms with Crippen molar-refractivity contribution in [3.8, 4) is 0 Å². The van der Waals surface area contributed by atoms with Gasteiger partial charge in [0.05, 0.1) is 23.6 Å². The van der Waals surface area contributed by atoms with Crippen LogP contribution in [0.4, 0.5) is 5.69 Å². The minimum atomic E-state index is -0.843. The van der Waals surface area contributed by atoms with E-state index in [2.05, 4.69) is 0 Å². The molecule has 1 N–H and O–H groups in total. The van der Waals surface area contributed by atoms with Crippen molar-refractivity contribution in [3.63, 3.8) is 0 Å². The third kappa shape index (κ3) is 2.19. The van der Waals surface area contributed by atoms with Gasteiger partial charge < -0.3 is 10.0 Å². The number of carbonyl (C=O) groups is 1. The van der Waals surface area contributed by atoms with Crippen LogP contribution in [0.25, 0.3) is 0 Å². The van der Waals surface area contributed by atoms with Crippen LogP contribution in [0.15, 0.2) is 18.2 Å². The van der Waals surface area contributed by atoms with Crippen LogP contribution in [0.1, 0.15) is 22.8 Å². The number of nitrogens with zero attached hydrogens (tertiary/aromatic N) is 2. The van der Waals surface area contributed by atoms with Crippen LogP contribution in [-0.4, -0.2) is 39.5 Å². The van der Waals surface area contributed by atoms with Gasteiger partial charge in [-0.3, -0.25) is 14.9 Å². The van der Waals surface area contributed by atoms with Gasteiger partial charge in [-0.15, -0.1) is 0 Å². The second-order valence-electron chi connectivity index (χ2n) is 4.91. The molecule has 18 heavy (non-hydrogen) atoms. The molecule has 0 radical (unpaired) electrons. The molecule has 1 aliphatic rings. The van der Waals surface area contributed by atoms with E-state index in [-0.39, 0.29) is 24.7 Å². The van der Waals surface area contributed by atoms with E-state index in [0.29, 0.717) is 11.1 Å². The van der Waals surface area contributed by atoms with Gasteiger partial charge in [0.1, 0.15) is 0 Å². The zero-order chi connectivity index (χ0) is 13.5. The van der Waals surface area contributed by atoms with Gasteiger partial charge in [-0.2, -0.15) is 0 Å². The number of nitro benzene ring substituents is 1. The van der Waals surface area contributed by atoms with Crippen molar-refractivity contribution in [2.45, 2.75) is 19.4 Å². The Bertz CT molecular complexity index is 517. The molecule has 1 aromatic rings. The minimum Gasteiger partial charge on any atom is -0.386 e. The lowest BCUT2D eigenvalue weighted by molar-refractivity contribution is -0.384. The van der Waals surface area contributed by atoms with E-state index in [4.69, 9.17) is 0 Å². The van der Waals surface area contributed by atoms with Crippen molar-refractivity contribution < 1.29 is 14.8 Å². The topological polar surface area (TPSA) is 83.7 Å². The summed E-state index contributed by atoms with van der Waals surface area (Å²) in [5.74, 6) is -0.275. The normalized spacial score (nSPS) is 17.2. The van der Waals surface area contributed by atoms with Crippen molar-refractivity contribution in [2.75, 3.05) is 13.1 Å². The van der Waals surface area contributed by atoms with Crippen LogP contribution in [0.3, 0.4) is 0 Å². The number of benzene rings is 1. The first-order valence-electron chi connectivity index (χ1n) is 5.57. The quantitative estimate of drug-likeness (QED) is 0.629. The fraction of sp³-hybridized carbons (Fsp3) is 0.417. The standard InChI is InChI=1S/C12H14N2O4/c1-8-3-4-9(14(17)18)5-10(8)11(15)13-6-12(2,16)7-13/h3-5,16H,6-7H2,1-2H3. The molecular formula is C12H14N2O4. The van der Waals surface area contributed by atoms with E-state index in [0.717, 1.165) is 0 Å². The first-order chi connectivity index (χ1) is 8.30. The molecule has 0 spiro atoms. The molecule has 2 rings (SSSR count). The summed E-state index contributed by atoms with van der Waals surface area (Å²) < 4.78 is 0. The van der Waals surface area contributed by atoms with Gasteiger partial charge in [-0.1, -0.05) is 6.07 Å². The van der Waals surface area contributed by atoms with Crippen molar-refractivity contribution in [3.05, 3.63) is 39.4 Å². The summed E-state index contributed by atoms with van der Waals surface area (Å²) in [7, 11) is 0. The molecule has 0 atom stereocenters. The number of nitro groups is 1. The Morgan fingerprint density at radius 1 is 1.50 bits per heavy atom. The summed E-state index contributed by atoms with van der Waals surface area (Å²) in [6.07, 6.45) is 0. The summed E-state index contributed by atoms with van der Waals surface area (Å²) >= 11 is 0. The highest BCUT2D eigenvalue weighted by Crippen LogP contribution is 2.25. The highest BCUT2D eigenvalue weighted by atomic mass is 16.6. The second-order valence-corrected chi connectivity index (χ2v) is 4.91. The van der Waals surface area contributed by atoms with Gasteiger partial charge in [-0.25, -0.2) is 0 Å². The van der Waals surface area contributed by atoms with Gasteiger partial charge in [0.2, 0.25) is 0 Å². The van der Waals surface area contributed by atoms with E-state index >= 15 is 0 Å². The maximum atomic E-state index is 12.1. The Balaban J connectivity index is 2.25. The lowest BCUT2D eigenvalue weighted by atomic mass is 9.95. The Kier molecular flexibility index (Phi) is 2.82. The van der Waals surface area contributed by atoms with Gasteiger partial charge in [0, 0.05) is 17.7 Å². The molecule has 1 aliphatic heterocycles. The van der Waals surface area contributed by atoms with E-state index < -0.39 is 10.5 Å². The molecule has 6 heteroatoms. The average Bonchev–Trinajstić information content (AvgIpc) is 2.25. The number of likely N-dealkylation sites (tertiary alicyclic amines) is 1. The molecule has 0 bridgehead atoms. The summed E-state index contributed by atoms with van der Waals surface area (Å²) in [5.41, 5.74) is 0.0673. The minimum absolute atomic E-state index is 0.101. The van der Waals surface area contributed by atoms with Gasteiger partial charge in [-0.05, 0) is 19.4 Å². The SMILES string of the molecule is Cc1ccc([N+](=O)[O-])cc1C(=O)N1CC(C)(O)C1. The predicted molar refractivity (Wildman–Crippen MR) is 64.4 cm³/mol. The first-order valence-corrected chi connectivity index (χ1v) is 5.57. The van der Waals surface area contributed by atoms with Crippen LogP contribution in [0, 0.1) is 17.0 Å². The lowest BCUT2D eigenvalue weighted by Crippen LogP contribution is -2.61. The van der Waals surface area contributed by atoms with Gasteiger partial charge in [0.25, 0.3) is 11.6 Å². The van der Waals surface area contributed by atoms with Crippen molar-refractivity contribution in [1.29, 1.82) is 0 Å². The van der Waals surface area contributed by atoms with E-state index in [1.54, 1.807) is 19.9 Å². The lowest BCUT2D eigenvalue weighted by Gasteiger charge is -2.44. The highest BCUT2D eigenvalue weighted by molar-refractivity contribution is 5.97.